The first-order valence-electron chi connectivity index (χ1n) is 7.87. The normalized spacial score (nSPS) is 11.4. The quantitative estimate of drug-likeness (QED) is 0.690. The minimum absolute atomic E-state index is 0.126. The van der Waals surface area contributed by atoms with Crippen molar-refractivity contribution in [2.24, 2.45) is 0 Å². The molecule has 0 N–H and O–H groups in total. The van der Waals surface area contributed by atoms with E-state index in [4.69, 9.17) is 9.47 Å². The van der Waals surface area contributed by atoms with Crippen molar-refractivity contribution >= 4 is 16.0 Å². The first kappa shape index (κ1) is 19.9. The molecular weight excluding hydrogens is 361 g/mol. The highest BCUT2D eigenvalue weighted by Crippen LogP contribution is 2.21. The molecule has 26 heavy (non-hydrogen) atoms. The summed E-state index contributed by atoms with van der Waals surface area (Å²) in [7, 11) is -1.09. The molecule has 0 unspecified atom stereocenters. The van der Waals surface area contributed by atoms with Crippen LogP contribution in [0.25, 0.3) is 0 Å². The predicted octanol–water partition coefficient (Wildman–Crippen LogP) is 2.83. The predicted molar refractivity (Wildman–Crippen MR) is 94.0 cm³/mol. The molecule has 0 aliphatic rings. The maximum absolute atomic E-state index is 14.0. The monoisotopic (exact) mass is 381 g/mol. The number of carbonyl (C=O) groups is 1. The van der Waals surface area contributed by atoms with Gasteiger partial charge in [0.2, 0.25) is 10.0 Å². The summed E-state index contributed by atoms with van der Waals surface area (Å²) in [6.45, 7) is 2.15. The molecule has 0 saturated heterocycles. The van der Waals surface area contributed by atoms with Gasteiger partial charge in [0.15, 0.2) is 0 Å². The second kappa shape index (κ2) is 8.29. The molecule has 0 bridgehead atoms. The van der Waals surface area contributed by atoms with Crippen LogP contribution in [0.3, 0.4) is 0 Å². The molecule has 0 aromatic heterocycles. The molecule has 0 aliphatic carbocycles. The fraction of sp³-hybridized carbons (Fsp3) is 0.278. The zero-order valence-corrected chi connectivity index (χ0v) is 15.5. The van der Waals surface area contributed by atoms with Gasteiger partial charge in [-0.2, -0.15) is 0 Å². The molecular formula is C18H20FNO5S. The van der Waals surface area contributed by atoms with Crippen molar-refractivity contribution in [1.82, 2.24) is 4.31 Å². The average Bonchev–Trinajstić information content (AvgIpc) is 2.61. The van der Waals surface area contributed by atoms with Gasteiger partial charge in [-0.1, -0.05) is 18.2 Å². The lowest BCUT2D eigenvalue weighted by atomic mass is 10.2. The van der Waals surface area contributed by atoms with Gasteiger partial charge in [-0.25, -0.2) is 21.9 Å². The highest BCUT2D eigenvalue weighted by Gasteiger charge is 2.22. The van der Waals surface area contributed by atoms with Crippen LogP contribution >= 0.6 is 0 Å². The highest BCUT2D eigenvalue weighted by atomic mass is 32.2. The third kappa shape index (κ3) is 4.39. The Morgan fingerprint density at radius 2 is 1.85 bits per heavy atom. The van der Waals surface area contributed by atoms with Gasteiger partial charge >= 0.3 is 5.97 Å². The zero-order chi connectivity index (χ0) is 19.3. The van der Waals surface area contributed by atoms with Crippen LogP contribution in [-0.4, -0.2) is 39.4 Å². The molecule has 0 aliphatic heterocycles. The van der Waals surface area contributed by atoms with Crippen molar-refractivity contribution in [3.8, 4) is 5.75 Å². The van der Waals surface area contributed by atoms with Crippen LogP contribution in [0, 0.1) is 5.82 Å². The maximum Gasteiger partial charge on any atom is 0.341 e. The minimum atomic E-state index is -3.79. The van der Waals surface area contributed by atoms with Crippen LogP contribution in [-0.2, 0) is 21.4 Å². The van der Waals surface area contributed by atoms with Gasteiger partial charge in [-0.15, -0.1) is 0 Å². The average molecular weight is 381 g/mol. The van der Waals surface area contributed by atoms with Gasteiger partial charge in [-0.05, 0) is 31.2 Å². The van der Waals surface area contributed by atoms with E-state index in [1.807, 2.05) is 6.92 Å². The maximum atomic E-state index is 14.0. The molecule has 0 fully saturated rings. The second-order valence-corrected chi connectivity index (χ2v) is 7.70. The SMILES string of the molecule is CCOc1ccccc1COC(=O)c1cc(S(=O)(=O)N(C)C)ccc1F. The van der Waals surface area contributed by atoms with Gasteiger partial charge in [0.1, 0.15) is 18.2 Å². The Morgan fingerprint density at radius 3 is 2.50 bits per heavy atom. The molecule has 0 spiro atoms. The number of para-hydroxylation sites is 1. The Labute approximate surface area is 152 Å². The number of sulfonamides is 1. The molecule has 0 atom stereocenters. The Hall–Kier alpha value is -2.45. The van der Waals surface area contributed by atoms with Crippen LogP contribution in [0.2, 0.25) is 0 Å². The lowest BCUT2D eigenvalue weighted by molar-refractivity contribution is 0.0464. The number of benzene rings is 2. The lowest BCUT2D eigenvalue weighted by Gasteiger charge is -2.13. The summed E-state index contributed by atoms with van der Waals surface area (Å²) in [5.74, 6) is -1.25. The summed E-state index contributed by atoms with van der Waals surface area (Å²) < 4.78 is 49.9. The van der Waals surface area contributed by atoms with E-state index in [9.17, 15) is 17.6 Å². The van der Waals surface area contributed by atoms with Gasteiger partial charge < -0.3 is 9.47 Å². The molecule has 2 rings (SSSR count). The van der Waals surface area contributed by atoms with Crippen LogP contribution in [0.4, 0.5) is 4.39 Å². The van der Waals surface area contributed by atoms with Crippen molar-refractivity contribution in [2.75, 3.05) is 20.7 Å². The van der Waals surface area contributed by atoms with E-state index in [-0.39, 0.29) is 11.5 Å². The molecule has 0 saturated carbocycles. The van der Waals surface area contributed by atoms with E-state index in [2.05, 4.69) is 0 Å². The topological polar surface area (TPSA) is 72.9 Å². The third-order valence-electron chi connectivity index (χ3n) is 3.57. The number of nitrogens with zero attached hydrogens (tertiary/aromatic N) is 1. The van der Waals surface area contributed by atoms with Crippen LogP contribution in [0.5, 0.6) is 5.75 Å². The first-order valence-corrected chi connectivity index (χ1v) is 9.31. The van der Waals surface area contributed by atoms with Crippen molar-refractivity contribution in [2.45, 2.75) is 18.4 Å². The van der Waals surface area contributed by atoms with Gasteiger partial charge in [-0.3, -0.25) is 0 Å². The molecule has 2 aromatic rings. The van der Waals surface area contributed by atoms with Crippen LogP contribution < -0.4 is 4.74 Å². The van der Waals surface area contributed by atoms with Gasteiger partial charge in [0.05, 0.1) is 17.1 Å². The smallest absolute Gasteiger partial charge is 0.341 e. The Balaban J connectivity index is 2.23. The second-order valence-electron chi connectivity index (χ2n) is 5.55. The molecule has 6 nitrogen and oxygen atoms in total. The Kier molecular flexibility index (Phi) is 6.33. The van der Waals surface area contributed by atoms with E-state index in [1.165, 1.54) is 14.1 Å². The number of hydrogen-bond acceptors (Lipinski definition) is 5. The summed E-state index contributed by atoms with van der Waals surface area (Å²) >= 11 is 0. The molecule has 140 valence electrons. The Morgan fingerprint density at radius 1 is 1.15 bits per heavy atom. The number of carbonyl (C=O) groups excluding carboxylic acids is 1. The largest absolute Gasteiger partial charge is 0.493 e. The number of hydrogen-bond donors (Lipinski definition) is 0. The number of halogens is 1. The zero-order valence-electron chi connectivity index (χ0n) is 14.7. The summed E-state index contributed by atoms with van der Waals surface area (Å²) in [5, 5.41) is 0. The summed E-state index contributed by atoms with van der Waals surface area (Å²) in [4.78, 5) is 12.1. The summed E-state index contributed by atoms with van der Waals surface area (Å²) in [6, 6.07) is 10.0. The summed E-state index contributed by atoms with van der Waals surface area (Å²) in [6.07, 6.45) is 0. The summed E-state index contributed by atoms with van der Waals surface area (Å²) in [5.41, 5.74) is 0.182. The van der Waals surface area contributed by atoms with Gasteiger partial charge in [0.25, 0.3) is 0 Å². The van der Waals surface area contributed by atoms with E-state index < -0.39 is 27.4 Å². The van der Waals surface area contributed by atoms with E-state index >= 15 is 0 Å². The van der Waals surface area contributed by atoms with Crippen molar-refractivity contribution in [3.05, 3.63) is 59.4 Å². The van der Waals surface area contributed by atoms with Crippen molar-refractivity contribution in [3.63, 3.8) is 0 Å². The Bertz CT molecular complexity index is 896. The van der Waals surface area contributed by atoms with Crippen LogP contribution in [0.15, 0.2) is 47.4 Å². The van der Waals surface area contributed by atoms with E-state index in [0.29, 0.717) is 17.9 Å². The fourth-order valence-corrected chi connectivity index (χ4v) is 3.10. The number of rotatable bonds is 7. The van der Waals surface area contributed by atoms with E-state index in [1.54, 1.807) is 24.3 Å². The van der Waals surface area contributed by atoms with Gasteiger partial charge in [0, 0.05) is 19.7 Å². The molecule has 2 aromatic carbocycles. The molecule has 0 amide bonds. The molecule has 0 heterocycles. The lowest BCUT2D eigenvalue weighted by Crippen LogP contribution is -2.22. The molecule has 8 heteroatoms. The molecule has 0 radical (unpaired) electrons. The van der Waals surface area contributed by atoms with Crippen molar-refractivity contribution < 1.29 is 27.1 Å². The first-order chi connectivity index (χ1) is 12.3. The number of esters is 1. The van der Waals surface area contributed by atoms with E-state index in [0.717, 1.165) is 22.5 Å². The highest BCUT2D eigenvalue weighted by molar-refractivity contribution is 7.89. The minimum Gasteiger partial charge on any atom is -0.493 e. The fourth-order valence-electron chi connectivity index (χ4n) is 2.17. The third-order valence-corrected chi connectivity index (χ3v) is 5.38. The van der Waals surface area contributed by atoms with Crippen molar-refractivity contribution in [1.29, 1.82) is 0 Å². The standard InChI is InChI=1S/C18H20FNO5S/c1-4-24-17-8-6-5-7-13(17)12-25-18(21)15-11-14(9-10-16(15)19)26(22,23)20(2)3/h5-11H,4,12H2,1-3H3. The van der Waals surface area contributed by atoms with Crippen LogP contribution in [0.1, 0.15) is 22.8 Å². The number of ether oxygens (including phenoxy) is 2.